The summed E-state index contributed by atoms with van der Waals surface area (Å²) in [5.41, 5.74) is 4.14. The van der Waals surface area contributed by atoms with Crippen molar-refractivity contribution in [3.05, 3.63) is 47.7 Å². The molecule has 0 fully saturated rings. The van der Waals surface area contributed by atoms with Crippen LogP contribution in [0.5, 0.6) is 0 Å². The molecule has 0 saturated heterocycles. The highest BCUT2D eigenvalue weighted by Crippen LogP contribution is 2.36. The number of nitrogens with one attached hydrogen (secondary N) is 1. The lowest BCUT2D eigenvalue weighted by molar-refractivity contribution is -0.142. The van der Waals surface area contributed by atoms with Crippen molar-refractivity contribution in [2.75, 3.05) is 18.1 Å². The van der Waals surface area contributed by atoms with Crippen molar-refractivity contribution in [3.8, 4) is 0 Å². The first-order chi connectivity index (χ1) is 12.2. The van der Waals surface area contributed by atoms with E-state index >= 15 is 0 Å². The number of fused-ring (bicyclic) bond motifs is 2. The number of anilines is 2. The SMILES string of the molecule is CCOC(=O)Cc1cc2ncnc(N3CCc4cc(F)ccc43)c2[nH]1. The molecule has 25 heavy (non-hydrogen) atoms. The van der Waals surface area contributed by atoms with Crippen LogP contribution in [0.25, 0.3) is 11.0 Å². The summed E-state index contributed by atoms with van der Waals surface area (Å²) in [7, 11) is 0. The first kappa shape index (κ1) is 15.6. The molecule has 0 unspecified atom stereocenters. The number of hydrogen-bond donors (Lipinski definition) is 1. The summed E-state index contributed by atoms with van der Waals surface area (Å²) in [6.45, 7) is 2.85. The largest absolute Gasteiger partial charge is 0.466 e. The van der Waals surface area contributed by atoms with Gasteiger partial charge in [0.1, 0.15) is 17.7 Å². The molecule has 1 aliphatic heterocycles. The average Bonchev–Trinajstić information content (AvgIpc) is 3.17. The molecule has 7 heteroatoms. The summed E-state index contributed by atoms with van der Waals surface area (Å²) in [5, 5.41) is 0. The van der Waals surface area contributed by atoms with Gasteiger partial charge in [0.05, 0.1) is 18.5 Å². The van der Waals surface area contributed by atoms with E-state index in [0.29, 0.717) is 6.61 Å². The number of hydrogen-bond acceptors (Lipinski definition) is 5. The van der Waals surface area contributed by atoms with Gasteiger partial charge in [-0.2, -0.15) is 0 Å². The summed E-state index contributed by atoms with van der Waals surface area (Å²) in [6.07, 6.45) is 2.42. The first-order valence-corrected chi connectivity index (χ1v) is 8.20. The Morgan fingerprint density at radius 3 is 3.08 bits per heavy atom. The molecular formula is C18H17FN4O2. The average molecular weight is 340 g/mol. The van der Waals surface area contributed by atoms with Crippen LogP contribution in [0.2, 0.25) is 0 Å². The Balaban J connectivity index is 1.72. The molecule has 0 bridgehead atoms. The molecule has 0 saturated carbocycles. The van der Waals surface area contributed by atoms with Gasteiger partial charge in [-0.15, -0.1) is 0 Å². The summed E-state index contributed by atoms with van der Waals surface area (Å²) in [6, 6.07) is 6.62. The van der Waals surface area contributed by atoms with Crippen molar-refractivity contribution in [1.29, 1.82) is 0 Å². The predicted octanol–water partition coefficient (Wildman–Crippen LogP) is 2.90. The molecule has 0 radical (unpaired) electrons. The van der Waals surface area contributed by atoms with Crippen LogP contribution in [-0.4, -0.2) is 34.1 Å². The zero-order valence-electron chi connectivity index (χ0n) is 13.8. The standard InChI is InChI=1S/C18H17FN4O2/c1-2-25-16(24)9-13-8-14-17(22-13)18(21-10-20-14)23-6-5-11-7-12(19)3-4-15(11)23/h3-4,7-8,10,22H,2,5-6,9H2,1H3. The van der Waals surface area contributed by atoms with E-state index in [2.05, 4.69) is 15.0 Å². The van der Waals surface area contributed by atoms with Crippen LogP contribution in [0, 0.1) is 5.82 Å². The van der Waals surface area contributed by atoms with Crippen LogP contribution in [0.15, 0.2) is 30.6 Å². The molecule has 3 aromatic rings. The summed E-state index contributed by atoms with van der Waals surface area (Å²) < 4.78 is 18.4. The highest BCUT2D eigenvalue weighted by Gasteiger charge is 2.24. The van der Waals surface area contributed by atoms with Crippen molar-refractivity contribution < 1.29 is 13.9 Å². The van der Waals surface area contributed by atoms with Gasteiger partial charge in [-0.3, -0.25) is 4.79 Å². The molecular weight excluding hydrogens is 323 g/mol. The third-order valence-electron chi connectivity index (χ3n) is 4.29. The Bertz CT molecular complexity index is 953. The summed E-state index contributed by atoms with van der Waals surface area (Å²) in [4.78, 5) is 25.7. The predicted molar refractivity (Wildman–Crippen MR) is 91.3 cm³/mol. The topological polar surface area (TPSA) is 71.1 Å². The minimum absolute atomic E-state index is 0.158. The monoisotopic (exact) mass is 340 g/mol. The fourth-order valence-corrected chi connectivity index (χ4v) is 3.24. The Morgan fingerprint density at radius 2 is 2.24 bits per heavy atom. The number of benzene rings is 1. The maximum absolute atomic E-state index is 13.4. The first-order valence-electron chi connectivity index (χ1n) is 8.20. The molecule has 1 aromatic carbocycles. The zero-order valence-corrected chi connectivity index (χ0v) is 13.8. The molecule has 6 nitrogen and oxygen atoms in total. The number of aromatic amines is 1. The fraction of sp³-hybridized carbons (Fsp3) is 0.278. The van der Waals surface area contributed by atoms with Gasteiger partial charge in [-0.1, -0.05) is 0 Å². The van der Waals surface area contributed by atoms with E-state index in [-0.39, 0.29) is 18.2 Å². The van der Waals surface area contributed by atoms with Crippen molar-refractivity contribution >= 4 is 28.5 Å². The third kappa shape index (κ3) is 2.82. The van der Waals surface area contributed by atoms with Gasteiger partial charge in [0.2, 0.25) is 0 Å². The van der Waals surface area contributed by atoms with Crippen LogP contribution >= 0.6 is 0 Å². The maximum Gasteiger partial charge on any atom is 0.311 e. The van der Waals surface area contributed by atoms with E-state index in [1.54, 1.807) is 19.1 Å². The number of esters is 1. The Labute approximate surface area is 143 Å². The minimum Gasteiger partial charge on any atom is -0.466 e. The molecule has 4 rings (SSSR count). The van der Waals surface area contributed by atoms with Gasteiger partial charge in [0, 0.05) is 17.9 Å². The Kier molecular flexibility index (Phi) is 3.83. The lowest BCUT2D eigenvalue weighted by Gasteiger charge is -2.18. The van der Waals surface area contributed by atoms with E-state index in [1.807, 2.05) is 11.0 Å². The van der Waals surface area contributed by atoms with Crippen molar-refractivity contribution in [2.24, 2.45) is 0 Å². The maximum atomic E-state index is 13.4. The Hall–Kier alpha value is -2.96. The molecule has 2 aromatic heterocycles. The van der Waals surface area contributed by atoms with Gasteiger partial charge >= 0.3 is 5.97 Å². The highest BCUT2D eigenvalue weighted by atomic mass is 19.1. The summed E-state index contributed by atoms with van der Waals surface area (Å²) in [5.74, 6) is 0.209. The fourth-order valence-electron chi connectivity index (χ4n) is 3.24. The number of halogens is 1. The second-order valence-electron chi connectivity index (χ2n) is 5.91. The lowest BCUT2D eigenvalue weighted by Crippen LogP contribution is -2.15. The van der Waals surface area contributed by atoms with Crippen LogP contribution in [0.4, 0.5) is 15.9 Å². The summed E-state index contributed by atoms with van der Waals surface area (Å²) >= 11 is 0. The molecule has 128 valence electrons. The highest BCUT2D eigenvalue weighted by molar-refractivity contribution is 5.90. The van der Waals surface area contributed by atoms with Crippen molar-refractivity contribution in [2.45, 2.75) is 19.8 Å². The number of rotatable bonds is 4. The quantitative estimate of drug-likeness (QED) is 0.740. The van der Waals surface area contributed by atoms with E-state index in [4.69, 9.17) is 4.74 Å². The van der Waals surface area contributed by atoms with E-state index in [1.165, 1.54) is 12.4 Å². The zero-order chi connectivity index (χ0) is 17.4. The number of aromatic nitrogens is 3. The van der Waals surface area contributed by atoms with E-state index in [0.717, 1.165) is 46.8 Å². The molecule has 0 spiro atoms. The van der Waals surface area contributed by atoms with Gasteiger partial charge in [-0.25, -0.2) is 14.4 Å². The van der Waals surface area contributed by atoms with Gasteiger partial charge in [-0.05, 0) is 43.2 Å². The van der Waals surface area contributed by atoms with E-state index < -0.39 is 0 Å². The Morgan fingerprint density at radius 1 is 1.36 bits per heavy atom. The van der Waals surface area contributed by atoms with Crippen LogP contribution in [0.1, 0.15) is 18.2 Å². The lowest BCUT2D eigenvalue weighted by atomic mass is 10.2. The second-order valence-corrected chi connectivity index (χ2v) is 5.91. The number of ether oxygens (including phenoxy) is 1. The third-order valence-corrected chi connectivity index (χ3v) is 4.29. The van der Waals surface area contributed by atoms with Crippen LogP contribution in [0.3, 0.4) is 0 Å². The number of carbonyl (C=O) groups excluding carboxylic acids is 1. The molecule has 0 amide bonds. The van der Waals surface area contributed by atoms with Crippen LogP contribution in [-0.2, 0) is 22.4 Å². The molecule has 0 atom stereocenters. The molecule has 1 N–H and O–H groups in total. The van der Waals surface area contributed by atoms with Crippen molar-refractivity contribution in [1.82, 2.24) is 15.0 Å². The second kappa shape index (κ2) is 6.16. The molecule has 3 heterocycles. The normalized spacial score (nSPS) is 13.3. The number of nitrogens with zero attached hydrogens (tertiary/aromatic N) is 3. The molecule has 0 aliphatic carbocycles. The van der Waals surface area contributed by atoms with Gasteiger partial charge in [0.15, 0.2) is 5.82 Å². The van der Waals surface area contributed by atoms with Gasteiger partial charge in [0.25, 0.3) is 0 Å². The number of H-pyrrole nitrogens is 1. The van der Waals surface area contributed by atoms with Crippen molar-refractivity contribution in [3.63, 3.8) is 0 Å². The van der Waals surface area contributed by atoms with Gasteiger partial charge < -0.3 is 14.6 Å². The smallest absolute Gasteiger partial charge is 0.311 e. The molecule has 1 aliphatic rings. The van der Waals surface area contributed by atoms with Crippen LogP contribution < -0.4 is 4.90 Å². The number of carbonyl (C=O) groups is 1. The minimum atomic E-state index is -0.287. The van der Waals surface area contributed by atoms with E-state index in [9.17, 15) is 9.18 Å².